The molecule has 0 amide bonds. The minimum absolute atomic E-state index is 0.630. The Morgan fingerprint density at radius 3 is 2.88 bits per heavy atom. The van der Waals surface area contributed by atoms with Gasteiger partial charge in [-0.25, -0.2) is 0 Å². The van der Waals surface area contributed by atoms with Crippen molar-refractivity contribution < 1.29 is 9.47 Å². The second kappa shape index (κ2) is 5.92. The van der Waals surface area contributed by atoms with E-state index in [9.17, 15) is 0 Å². The van der Waals surface area contributed by atoms with Gasteiger partial charge in [0.15, 0.2) is 11.5 Å². The van der Waals surface area contributed by atoms with Gasteiger partial charge in [-0.1, -0.05) is 13.0 Å². The summed E-state index contributed by atoms with van der Waals surface area (Å²) in [6, 6.07) is 6.17. The van der Waals surface area contributed by atoms with Crippen molar-refractivity contribution >= 4 is 0 Å². The SMILES string of the molecule is CCc1ccc(OCC2CCNC2)c(OC)c1. The zero-order chi connectivity index (χ0) is 12.1. The van der Waals surface area contributed by atoms with Crippen LogP contribution >= 0.6 is 0 Å². The summed E-state index contributed by atoms with van der Waals surface area (Å²) in [5.74, 6) is 2.33. The van der Waals surface area contributed by atoms with Crippen molar-refractivity contribution in [1.29, 1.82) is 0 Å². The average molecular weight is 235 g/mol. The second-order valence-corrected chi connectivity index (χ2v) is 4.51. The summed E-state index contributed by atoms with van der Waals surface area (Å²) in [5, 5.41) is 3.34. The van der Waals surface area contributed by atoms with Gasteiger partial charge >= 0.3 is 0 Å². The van der Waals surface area contributed by atoms with Crippen molar-refractivity contribution in [2.45, 2.75) is 19.8 Å². The van der Waals surface area contributed by atoms with Crippen molar-refractivity contribution in [2.24, 2.45) is 5.92 Å². The zero-order valence-electron chi connectivity index (χ0n) is 10.7. The van der Waals surface area contributed by atoms with Gasteiger partial charge in [0, 0.05) is 12.5 Å². The first-order chi connectivity index (χ1) is 8.33. The Balaban J connectivity index is 1.98. The molecule has 0 aromatic heterocycles. The van der Waals surface area contributed by atoms with Crippen molar-refractivity contribution in [1.82, 2.24) is 5.32 Å². The van der Waals surface area contributed by atoms with Crippen LogP contribution in [0, 0.1) is 5.92 Å². The zero-order valence-corrected chi connectivity index (χ0v) is 10.7. The first-order valence-electron chi connectivity index (χ1n) is 6.34. The lowest BCUT2D eigenvalue weighted by atomic mass is 10.1. The smallest absolute Gasteiger partial charge is 0.161 e. The molecule has 0 saturated carbocycles. The number of nitrogens with one attached hydrogen (secondary N) is 1. The van der Waals surface area contributed by atoms with Gasteiger partial charge in [-0.15, -0.1) is 0 Å². The van der Waals surface area contributed by atoms with Crippen molar-refractivity contribution in [2.75, 3.05) is 26.8 Å². The van der Waals surface area contributed by atoms with Gasteiger partial charge in [-0.2, -0.15) is 0 Å². The Bertz CT molecular complexity index is 359. The van der Waals surface area contributed by atoms with Gasteiger partial charge in [-0.05, 0) is 37.1 Å². The molecule has 3 nitrogen and oxygen atoms in total. The van der Waals surface area contributed by atoms with Crippen LogP contribution in [0.5, 0.6) is 11.5 Å². The minimum atomic E-state index is 0.630. The molecule has 1 saturated heterocycles. The Morgan fingerprint density at radius 1 is 1.35 bits per heavy atom. The summed E-state index contributed by atoms with van der Waals surface area (Å²) >= 11 is 0. The van der Waals surface area contributed by atoms with Crippen LogP contribution in [0.3, 0.4) is 0 Å². The van der Waals surface area contributed by atoms with E-state index >= 15 is 0 Å². The van der Waals surface area contributed by atoms with E-state index in [0.717, 1.165) is 37.6 Å². The van der Waals surface area contributed by atoms with Gasteiger partial charge in [0.05, 0.1) is 13.7 Å². The molecule has 1 N–H and O–H groups in total. The summed E-state index contributed by atoms with van der Waals surface area (Å²) in [6.07, 6.45) is 2.22. The van der Waals surface area contributed by atoms with Crippen molar-refractivity contribution in [3.63, 3.8) is 0 Å². The summed E-state index contributed by atoms with van der Waals surface area (Å²) < 4.78 is 11.2. The van der Waals surface area contributed by atoms with E-state index in [4.69, 9.17) is 9.47 Å². The van der Waals surface area contributed by atoms with Crippen LogP contribution in [0.2, 0.25) is 0 Å². The molecular formula is C14H21NO2. The molecule has 17 heavy (non-hydrogen) atoms. The number of ether oxygens (including phenoxy) is 2. The van der Waals surface area contributed by atoms with Crippen LogP contribution in [-0.4, -0.2) is 26.8 Å². The van der Waals surface area contributed by atoms with Crippen LogP contribution in [0.15, 0.2) is 18.2 Å². The molecule has 2 rings (SSSR count). The van der Waals surface area contributed by atoms with E-state index in [0.29, 0.717) is 5.92 Å². The second-order valence-electron chi connectivity index (χ2n) is 4.51. The van der Waals surface area contributed by atoms with Gasteiger partial charge < -0.3 is 14.8 Å². The maximum Gasteiger partial charge on any atom is 0.161 e. The molecule has 1 atom stereocenters. The van der Waals surface area contributed by atoms with E-state index in [1.807, 2.05) is 6.07 Å². The Labute approximate surface area is 103 Å². The molecule has 3 heteroatoms. The summed E-state index contributed by atoms with van der Waals surface area (Å²) in [6.45, 7) is 5.09. The molecule has 1 heterocycles. The lowest BCUT2D eigenvalue weighted by Gasteiger charge is -2.14. The highest BCUT2D eigenvalue weighted by Crippen LogP contribution is 2.29. The molecule has 1 unspecified atom stereocenters. The average Bonchev–Trinajstić information content (AvgIpc) is 2.89. The van der Waals surface area contributed by atoms with E-state index in [2.05, 4.69) is 24.4 Å². The lowest BCUT2D eigenvalue weighted by Crippen LogP contribution is -2.15. The van der Waals surface area contributed by atoms with Gasteiger partial charge in [-0.3, -0.25) is 0 Å². The number of hydrogen-bond acceptors (Lipinski definition) is 3. The minimum Gasteiger partial charge on any atom is -0.493 e. The number of aryl methyl sites for hydroxylation is 1. The van der Waals surface area contributed by atoms with Gasteiger partial charge in [0.2, 0.25) is 0 Å². The first-order valence-corrected chi connectivity index (χ1v) is 6.34. The number of rotatable bonds is 5. The van der Waals surface area contributed by atoms with Gasteiger partial charge in [0.1, 0.15) is 0 Å². The van der Waals surface area contributed by atoms with Crippen LogP contribution in [0.1, 0.15) is 18.9 Å². The van der Waals surface area contributed by atoms with Crippen LogP contribution < -0.4 is 14.8 Å². The predicted molar refractivity (Wildman–Crippen MR) is 68.8 cm³/mol. The fraction of sp³-hybridized carbons (Fsp3) is 0.571. The van der Waals surface area contributed by atoms with E-state index in [1.165, 1.54) is 12.0 Å². The molecule has 1 aromatic rings. The highest BCUT2D eigenvalue weighted by atomic mass is 16.5. The first kappa shape index (κ1) is 12.2. The van der Waals surface area contributed by atoms with Crippen molar-refractivity contribution in [3.8, 4) is 11.5 Å². The fourth-order valence-electron chi connectivity index (χ4n) is 2.12. The maximum atomic E-state index is 5.85. The summed E-state index contributed by atoms with van der Waals surface area (Å²) in [4.78, 5) is 0. The third-order valence-corrected chi connectivity index (χ3v) is 3.27. The summed E-state index contributed by atoms with van der Waals surface area (Å²) in [5.41, 5.74) is 1.27. The molecule has 1 aliphatic rings. The number of benzene rings is 1. The number of hydrogen-bond donors (Lipinski definition) is 1. The van der Waals surface area contributed by atoms with E-state index in [1.54, 1.807) is 7.11 Å². The Hall–Kier alpha value is -1.22. The highest BCUT2D eigenvalue weighted by Gasteiger charge is 2.16. The highest BCUT2D eigenvalue weighted by molar-refractivity contribution is 5.42. The Kier molecular flexibility index (Phi) is 4.26. The summed E-state index contributed by atoms with van der Waals surface area (Å²) in [7, 11) is 1.69. The third-order valence-electron chi connectivity index (χ3n) is 3.27. The normalized spacial score (nSPS) is 19.3. The monoisotopic (exact) mass is 235 g/mol. The molecular weight excluding hydrogens is 214 g/mol. The topological polar surface area (TPSA) is 30.5 Å². The van der Waals surface area contributed by atoms with E-state index in [-0.39, 0.29) is 0 Å². The quantitative estimate of drug-likeness (QED) is 0.849. The molecule has 1 fully saturated rings. The van der Waals surface area contributed by atoms with Crippen molar-refractivity contribution in [3.05, 3.63) is 23.8 Å². The van der Waals surface area contributed by atoms with E-state index < -0.39 is 0 Å². The molecule has 0 spiro atoms. The fourth-order valence-corrected chi connectivity index (χ4v) is 2.12. The molecule has 0 bridgehead atoms. The lowest BCUT2D eigenvalue weighted by molar-refractivity contribution is 0.247. The Morgan fingerprint density at radius 2 is 2.24 bits per heavy atom. The largest absolute Gasteiger partial charge is 0.493 e. The maximum absolute atomic E-state index is 5.85. The van der Waals surface area contributed by atoms with Crippen LogP contribution in [0.25, 0.3) is 0 Å². The molecule has 1 aromatic carbocycles. The van der Waals surface area contributed by atoms with Gasteiger partial charge in [0.25, 0.3) is 0 Å². The molecule has 1 aliphatic heterocycles. The van der Waals surface area contributed by atoms with Crippen LogP contribution in [-0.2, 0) is 6.42 Å². The van der Waals surface area contributed by atoms with Crippen LogP contribution in [0.4, 0.5) is 0 Å². The molecule has 94 valence electrons. The molecule has 0 radical (unpaired) electrons. The molecule has 0 aliphatic carbocycles. The predicted octanol–water partition coefficient (Wildman–Crippen LogP) is 2.25. The number of methoxy groups -OCH3 is 1. The third kappa shape index (κ3) is 3.13. The standard InChI is InChI=1S/C14H21NO2/c1-3-11-4-5-13(14(8-11)16-2)17-10-12-6-7-15-9-12/h4-5,8,12,15H,3,6-7,9-10H2,1-2H3.